The average molecular weight is 275 g/mol. The van der Waals surface area contributed by atoms with Crippen molar-refractivity contribution in [1.82, 2.24) is 15.0 Å². The summed E-state index contributed by atoms with van der Waals surface area (Å²) in [5.41, 5.74) is 1.14. The molecule has 2 aliphatic rings. The molecule has 0 N–H and O–H groups in total. The van der Waals surface area contributed by atoms with E-state index >= 15 is 0 Å². The van der Waals surface area contributed by atoms with Gasteiger partial charge in [-0.05, 0) is 43.9 Å². The lowest BCUT2D eigenvalue weighted by atomic mass is 9.89. The second kappa shape index (κ2) is 5.38. The van der Waals surface area contributed by atoms with Crippen LogP contribution in [0.2, 0.25) is 0 Å². The van der Waals surface area contributed by atoms with Gasteiger partial charge in [-0.1, -0.05) is 24.3 Å². The number of nitrogens with zero attached hydrogens (tertiary/aromatic N) is 3. The van der Waals surface area contributed by atoms with Crippen molar-refractivity contribution in [3.63, 3.8) is 0 Å². The summed E-state index contributed by atoms with van der Waals surface area (Å²) in [7, 11) is 0. The van der Waals surface area contributed by atoms with E-state index in [9.17, 15) is 4.79 Å². The largest absolute Gasteiger partial charge is 0.457 e. The van der Waals surface area contributed by atoms with Gasteiger partial charge in [-0.2, -0.15) is 0 Å². The molecular formula is C15H21N3O2. The van der Waals surface area contributed by atoms with Gasteiger partial charge in [-0.3, -0.25) is 0 Å². The van der Waals surface area contributed by atoms with Crippen molar-refractivity contribution in [2.24, 2.45) is 17.8 Å². The van der Waals surface area contributed by atoms with Crippen LogP contribution in [0.4, 0.5) is 0 Å². The highest BCUT2D eigenvalue weighted by atomic mass is 16.5. The predicted octanol–water partition coefficient (Wildman–Crippen LogP) is 2.37. The Balaban J connectivity index is 1.67. The molecule has 1 aromatic heterocycles. The van der Waals surface area contributed by atoms with E-state index in [1.165, 1.54) is 25.7 Å². The molecule has 0 radical (unpaired) electrons. The number of hydrogen-bond donors (Lipinski definition) is 0. The van der Waals surface area contributed by atoms with Crippen molar-refractivity contribution in [3.8, 4) is 0 Å². The number of ether oxygens (including phenoxy) is 1. The van der Waals surface area contributed by atoms with Gasteiger partial charge < -0.3 is 4.74 Å². The molecule has 2 aliphatic carbocycles. The van der Waals surface area contributed by atoms with Gasteiger partial charge in [0.15, 0.2) is 5.69 Å². The number of hydrogen-bond acceptors (Lipinski definition) is 4. The lowest BCUT2D eigenvalue weighted by Gasteiger charge is -2.21. The Kier molecular flexibility index (Phi) is 3.59. The van der Waals surface area contributed by atoms with Crippen LogP contribution in [0.1, 0.15) is 41.9 Å². The Labute approximate surface area is 119 Å². The van der Waals surface area contributed by atoms with Gasteiger partial charge in [0.2, 0.25) is 0 Å². The fourth-order valence-electron chi connectivity index (χ4n) is 3.75. The second-order valence-electron chi connectivity index (χ2n) is 6.03. The highest BCUT2D eigenvalue weighted by molar-refractivity contribution is 5.88. The number of rotatable bonds is 5. The fraction of sp³-hybridized carbons (Fsp3) is 0.667. The maximum atomic E-state index is 11.8. The average Bonchev–Trinajstić information content (AvgIpc) is 3.13. The highest BCUT2D eigenvalue weighted by Gasteiger charge is 2.39. The number of aromatic nitrogens is 3. The molecule has 3 atom stereocenters. The zero-order chi connectivity index (χ0) is 14.1. The minimum atomic E-state index is -0.415. The molecule has 1 heterocycles. The summed E-state index contributed by atoms with van der Waals surface area (Å²) in [5.74, 6) is 2.05. The molecule has 5 nitrogen and oxygen atoms in total. The van der Waals surface area contributed by atoms with E-state index in [0.717, 1.165) is 24.1 Å². The summed E-state index contributed by atoms with van der Waals surface area (Å²) >= 11 is 0. The van der Waals surface area contributed by atoms with Crippen molar-refractivity contribution in [2.75, 3.05) is 6.61 Å². The van der Waals surface area contributed by atoms with Crippen LogP contribution in [0.5, 0.6) is 0 Å². The molecule has 1 aromatic rings. The van der Waals surface area contributed by atoms with Crippen molar-refractivity contribution >= 4 is 5.97 Å². The Morgan fingerprint density at radius 1 is 1.50 bits per heavy atom. The molecule has 0 aliphatic heterocycles. The van der Waals surface area contributed by atoms with Crippen LogP contribution >= 0.6 is 0 Å². The number of carbonyl (C=O) groups excluding carboxylic acids is 1. The van der Waals surface area contributed by atoms with Gasteiger partial charge in [-0.25, -0.2) is 9.48 Å². The second-order valence-corrected chi connectivity index (χ2v) is 6.03. The Morgan fingerprint density at radius 3 is 3.00 bits per heavy atom. The van der Waals surface area contributed by atoms with Crippen LogP contribution < -0.4 is 0 Å². The molecule has 0 spiro atoms. The summed E-state index contributed by atoms with van der Waals surface area (Å²) in [6.45, 7) is 6.50. The van der Waals surface area contributed by atoms with E-state index < -0.39 is 5.97 Å². The third-order valence-electron chi connectivity index (χ3n) is 4.80. The van der Waals surface area contributed by atoms with Crippen molar-refractivity contribution in [1.29, 1.82) is 0 Å². The van der Waals surface area contributed by atoms with Gasteiger partial charge in [0.25, 0.3) is 0 Å². The topological polar surface area (TPSA) is 57.0 Å². The van der Waals surface area contributed by atoms with Gasteiger partial charge >= 0.3 is 5.97 Å². The summed E-state index contributed by atoms with van der Waals surface area (Å²) in [5, 5.41) is 8.11. The van der Waals surface area contributed by atoms with Crippen molar-refractivity contribution in [3.05, 3.63) is 24.0 Å². The van der Waals surface area contributed by atoms with E-state index in [-0.39, 0.29) is 6.61 Å². The maximum absolute atomic E-state index is 11.8. The number of fused-ring (bicyclic) bond motifs is 2. The quantitative estimate of drug-likeness (QED) is 0.611. The van der Waals surface area contributed by atoms with Gasteiger partial charge in [0, 0.05) is 6.54 Å². The molecule has 20 heavy (non-hydrogen) atoms. The molecule has 108 valence electrons. The molecule has 2 saturated carbocycles. The normalized spacial score (nSPS) is 27.8. The number of carbonyl (C=O) groups is 1. The molecular weight excluding hydrogens is 254 g/mol. The summed E-state index contributed by atoms with van der Waals surface area (Å²) in [6, 6.07) is 0. The van der Waals surface area contributed by atoms with E-state index in [1.807, 2.05) is 11.6 Å². The van der Waals surface area contributed by atoms with Gasteiger partial charge in [0.05, 0.1) is 5.69 Å². The summed E-state index contributed by atoms with van der Waals surface area (Å²) < 4.78 is 6.89. The lowest BCUT2D eigenvalue weighted by molar-refractivity contribution is 0.0542. The van der Waals surface area contributed by atoms with Gasteiger partial charge in [-0.15, -0.1) is 5.10 Å². The highest BCUT2D eigenvalue weighted by Crippen LogP contribution is 2.48. The fourth-order valence-corrected chi connectivity index (χ4v) is 3.75. The van der Waals surface area contributed by atoms with Crippen LogP contribution in [-0.2, 0) is 11.3 Å². The molecule has 0 saturated heterocycles. The number of esters is 1. The molecule has 3 unspecified atom stereocenters. The first-order valence-electron chi connectivity index (χ1n) is 7.37. The first-order chi connectivity index (χ1) is 9.69. The molecule has 5 heteroatoms. The molecule has 3 rings (SSSR count). The molecule has 2 fully saturated rings. The standard InChI is InChI=1S/C15H21N3O2/c1-3-6-20-15(19)14-10(2)18(17-16-14)9-13-8-11-4-5-12(13)7-11/h3,11-13H,1,4-9H2,2H3. The third-order valence-corrected chi connectivity index (χ3v) is 4.80. The zero-order valence-electron chi connectivity index (χ0n) is 11.9. The summed E-state index contributed by atoms with van der Waals surface area (Å²) in [4.78, 5) is 11.8. The SMILES string of the molecule is C=CCOC(=O)c1nnn(CC2CC3CCC2C3)c1C. The predicted molar refractivity (Wildman–Crippen MR) is 74.2 cm³/mol. The van der Waals surface area contributed by atoms with Crippen LogP contribution in [0.15, 0.2) is 12.7 Å². The van der Waals surface area contributed by atoms with Crippen LogP contribution in [-0.4, -0.2) is 27.6 Å². The minimum Gasteiger partial charge on any atom is -0.457 e. The van der Waals surface area contributed by atoms with Crippen LogP contribution in [0, 0.1) is 24.7 Å². The zero-order valence-corrected chi connectivity index (χ0v) is 11.9. The van der Waals surface area contributed by atoms with E-state index in [1.54, 1.807) is 6.08 Å². The first-order valence-corrected chi connectivity index (χ1v) is 7.37. The minimum absolute atomic E-state index is 0.206. The monoisotopic (exact) mass is 275 g/mol. The van der Waals surface area contributed by atoms with E-state index in [0.29, 0.717) is 11.6 Å². The van der Waals surface area contributed by atoms with Crippen LogP contribution in [0.25, 0.3) is 0 Å². The van der Waals surface area contributed by atoms with E-state index in [2.05, 4.69) is 16.9 Å². The van der Waals surface area contributed by atoms with Gasteiger partial charge in [0.1, 0.15) is 6.61 Å². The molecule has 0 aromatic carbocycles. The van der Waals surface area contributed by atoms with E-state index in [4.69, 9.17) is 4.74 Å². The van der Waals surface area contributed by atoms with Crippen molar-refractivity contribution < 1.29 is 9.53 Å². The van der Waals surface area contributed by atoms with Crippen molar-refractivity contribution in [2.45, 2.75) is 39.2 Å². The molecule has 2 bridgehead atoms. The first kappa shape index (κ1) is 13.3. The smallest absolute Gasteiger partial charge is 0.361 e. The lowest BCUT2D eigenvalue weighted by Crippen LogP contribution is -2.19. The Hall–Kier alpha value is -1.65. The Morgan fingerprint density at radius 2 is 2.35 bits per heavy atom. The summed E-state index contributed by atoms with van der Waals surface area (Å²) in [6.07, 6.45) is 6.99. The van der Waals surface area contributed by atoms with Crippen LogP contribution in [0.3, 0.4) is 0 Å². The third kappa shape index (κ3) is 2.37. The molecule has 0 amide bonds. The Bertz CT molecular complexity index is 523. The maximum Gasteiger partial charge on any atom is 0.361 e.